The Kier molecular flexibility index (Phi) is 6.90. The van der Waals surface area contributed by atoms with Gasteiger partial charge in [0.05, 0.1) is 18.0 Å². The van der Waals surface area contributed by atoms with Crippen LogP contribution in [0.25, 0.3) is 16.7 Å². The number of rotatable bonds is 8. The molecule has 1 amide bonds. The van der Waals surface area contributed by atoms with Crippen LogP contribution in [-0.4, -0.2) is 38.2 Å². The van der Waals surface area contributed by atoms with Crippen molar-refractivity contribution in [3.63, 3.8) is 0 Å². The van der Waals surface area contributed by atoms with Gasteiger partial charge in [-0.2, -0.15) is 0 Å². The highest BCUT2D eigenvalue weighted by Crippen LogP contribution is 2.27. The van der Waals surface area contributed by atoms with Gasteiger partial charge in [0.1, 0.15) is 5.75 Å². The lowest BCUT2D eigenvalue weighted by molar-refractivity contribution is -0.121. The summed E-state index contributed by atoms with van der Waals surface area (Å²) in [6, 6.07) is 13.0. The molecule has 0 saturated carbocycles. The number of methoxy groups -OCH3 is 1. The summed E-state index contributed by atoms with van der Waals surface area (Å²) in [5.41, 5.74) is 1.48. The molecule has 8 nitrogen and oxygen atoms in total. The predicted molar refractivity (Wildman–Crippen MR) is 130 cm³/mol. The van der Waals surface area contributed by atoms with Crippen molar-refractivity contribution >= 4 is 46.0 Å². The number of thioether (sulfide) groups is 1. The molecule has 0 aliphatic carbocycles. The summed E-state index contributed by atoms with van der Waals surface area (Å²) in [4.78, 5) is 25.5. The lowest BCUT2D eigenvalue weighted by Gasteiger charge is -2.12. The molecule has 2 aromatic carbocycles. The summed E-state index contributed by atoms with van der Waals surface area (Å²) in [7, 11) is 1.64. The minimum Gasteiger partial charge on any atom is -0.497 e. The molecule has 0 atom stereocenters. The number of carbonyl (C=O) groups is 1. The van der Waals surface area contributed by atoms with Crippen LogP contribution in [0, 0.1) is 0 Å². The maximum atomic E-state index is 13.3. The van der Waals surface area contributed by atoms with E-state index < -0.39 is 0 Å². The maximum absolute atomic E-state index is 13.3. The fraction of sp³-hybridized carbons (Fsp3) is 0.304. The number of fused-ring (bicyclic) bond motifs is 3. The molecule has 2 heterocycles. The number of hydrogen-bond acceptors (Lipinski definition) is 6. The van der Waals surface area contributed by atoms with Crippen LogP contribution >= 0.6 is 23.4 Å². The molecule has 4 aromatic rings. The Morgan fingerprint density at radius 3 is 2.79 bits per heavy atom. The summed E-state index contributed by atoms with van der Waals surface area (Å²) in [6.07, 6.45) is 0.152. The lowest BCUT2D eigenvalue weighted by Crippen LogP contribution is -2.32. The van der Waals surface area contributed by atoms with Gasteiger partial charge in [0.15, 0.2) is 5.16 Å². The van der Waals surface area contributed by atoms with E-state index in [1.165, 1.54) is 16.3 Å². The van der Waals surface area contributed by atoms with Gasteiger partial charge in [0.25, 0.3) is 5.56 Å². The number of hydrogen-bond donors (Lipinski definition) is 1. The third kappa shape index (κ3) is 4.99. The topological polar surface area (TPSA) is 90.5 Å². The van der Waals surface area contributed by atoms with Crippen molar-refractivity contribution in [1.29, 1.82) is 0 Å². The molecule has 0 bridgehead atoms. The van der Waals surface area contributed by atoms with Gasteiger partial charge in [-0.1, -0.05) is 35.5 Å². The highest BCUT2D eigenvalue weighted by Gasteiger charge is 2.18. The van der Waals surface area contributed by atoms with Crippen LogP contribution in [0.2, 0.25) is 5.02 Å². The summed E-state index contributed by atoms with van der Waals surface area (Å²) in [6.45, 7) is 3.97. The molecule has 33 heavy (non-hydrogen) atoms. The van der Waals surface area contributed by atoms with Crippen LogP contribution in [0.5, 0.6) is 5.75 Å². The second kappa shape index (κ2) is 9.84. The number of ether oxygens (including phenoxy) is 1. The Bertz CT molecular complexity index is 1380. The number of nitrogens with one attached hydrogen (secondary N) is 1. The van der Waals surface area contributed by atoms with Crippen LogP contribution < -0.4 is 15.6 Å². The van der Waals surface area contributed by atoms with Crippen molar-refractivity contribution in [3.05, 3.63) is 63.4 Å². The average Bonchev–Trinajstić information content (AvgIpc) is 3.21. The maximum Gasteiger partial charge on any atom is 0.262 e. The largest absolute Gasteiger partial charge is 0.497 e. The number of nitrogens with zero attached hydrogens (tertiary/aromatic N) is 4. The Labute approximate surface area is 199 Å². The van der Waals surface area contributed by atoms with E-state index in [9.17, 15) is 9.59 Å². The standard InChI is InChI=1S/C23H24ClN5O3S/c1-14(2)25-20(30)9-10-28-21(31)18-12-16(24)7-8-19(18)29-22(28)26-27-23(29)33-13-15-5-4-6-17(11-15)32-3/h4-8,11-12,14H,9-10,13H2,1-3H3,(H,25,30). The fourth-order valence-corrected chi connectivity index (χ4v) is 4.63. The zero-order chi connectivity index (χ0) is 23.5. The van der Waals surface area contributed by atoms with E-state index >= 15 is 0 Å². The Morgan fingerprint density at radius 2 is 2.03 bits per heavy atom. The molecule has 0 aliphatic heterocycles. The molecule has 0 unspecified atom stereocenters. The molecule has 1 N–H and O–H groups in total. The third-order valence-corrected chi connectivity index (χ3v) is 6.28. The highest BCUT2D eigenvalue weighted by molar-refractivity contribution is 7.98. The first-order valence-electron chi connectivity index (χ1n) is 10.5. The molecule has 4 rings (SSSR count). The van der Waals surface area contributed by atoms with E-state index in [0.717, 1.165) is 11.3 Å². The van der Waals surface area contributed by atoms with Crippen LogP contribution in [0.4, 0.5) is 0 Å². The van der Waals surface area contributed by atoms with Gasteiger partial charge in [-0.15, -0.1) is 10.2 Å². The van der Waals surface area contributed by atoms with Gasteiger partial charge in [-0.05, 0) is 49.7 Å². The molecule has 0 fully saturated rings. The van der Waals surface area contributed by atoms with Gasteiger partial charge in [-0.25, -0.2) is 0 Å². The minimum atomic E-state index is -0.255. The van der Waals surface area contributed by atoms with Crippen LogP contribution in [0.1, 0.15) is 25.8 Å². The third-order valence-electron chi connectivity index (χ3n) is 5.05. The quantitative estimate of drug-likeness (QED) is 0.380. The van der Waals surface area contributed by atoms with E-state index in [1.54, 1.807) is 25.3 Å². The van der Waals surface area contributed by atoms with Gasteiger partial charge in [-0.3, -0.25) is 18.6 Å². The Morgan fingerprint density at radius 1 is 1.21 bits per heavy atom. The molecule has 0 aliphatic rings. The number of aromatic nitrogens is 4. The summed E-state index contributed by atoms with van der Waals surface area (Å²) in [5.74, 6) is 1.68. The smallest absolute Gasteiger partial charge is 0.262 e. The molecule has 0 radical (unpaired) electrons. The monoisotopic (exact) mass is 485 g/mol. The van der Waals surface area contributed by atoms with Gasteiger partial charge in [0.2, 0.25) is 11.7 Å². The lowest BCUT2D eigenvalue weighted by atomic mass is 10.2. The number of halogens is 1. The van der Waals surface area contributed by atoms with E-state index in [4.69, 9.17) is 16.3 Å². The minimum absolute atomic E-state index is 0.0253. The van der Waals surface area contributed by atoms with Crippen molar-refractivity contribution in [2.75, 3.05) is 7.11 Å². The van der Waals surface area contributed by atoms with E-state index in [2.05, 4.69) is 15.5 Å². The molecule has 2 aromatic heterocycles. The van der Waals surface area contributed by atoms with Gasteiger partial charge in [0, 0.05) is 29.8 Å². The summed E-state index contributed by atoms with van der Waals surface area (Å²) >= 11 is 7.69. The number of benzene rings is 2. The molecule has 10 heteroatoms. The first-order valence-corrected chi connectivity index (χ1v) is 11.9. The van der Waals surface area contributed by atoms with E-state index in [0.29, 0.717) is 32.6 Å². The van der Waals surface area contributed by atoms with Gasteiger partial charge >= 0.3 is 0 Å². The first kappa shape index (κ1) is 23.1. The molecule has 172 valence electrons. The van der Waals surface area contributed by atoms with E-state index in [-0.39, 0.29) is 30.5 Å². The van der Waals surface area contributed by atoms with Crippen molar-refractivity contribution in [3.8, 4) is 5.75 Å². The van der Waals surface area contributed by atoms with Crippen LogP contribution in [0.3, 0.4) is 0 Å². The van der Waals surface area contributed by atoms with Crippen LogP contribution in [0.15, 0.2) is 52.4 Å². The first-order chi connectivity index (χ1) is 15.9. The number of aryl methyl sites for hydroxylation is 1. The van der Waals surface area contributed by atoms with Crippen molar-refractivity contribution in [1.82, 2.24) is 24.5 Å². The van der Waals surface area contributed by atoms with E-state index in [1.807, 2.05) is 42.5 Å². The Balaban J connectivity index is 1.75. The second-order valence-corrected chi connectivity index (χ2v) is 9.23. The molecule has 0 spiro atoms. The van der Waals surface area contributed by atoms with Crippen molar-refractivity contribution < 1.29 is 9.53 Å². The number of carbonyl (C=O) groups excluding carboxylic acids is 1. The molecular weight excluding hydrogens is 462 g/mol. The van der Waals surface area contributed by atoms with Crippen LogP contribution in [-0.2, 0) is 17.1 Å². The molecule has 0 saturated heterocycles. The second-order valence-electron chi connectivity index (χ2n) is 7.85. The summed E-state index contributed by atoms with van der Waals surface area (Å²) in [5, 5.41) is 13.0. The fourth-order valence-electron chi connectivity index (χ4n) is 3.57. The zero-order valence-electron chi connectivity index (χ0n) is 18.5. The summed E-state index contributed by atoms with van der Waals surface area (Å²) < 4.78 is 8.64. The Hall–Kier alpha value is -3.04. The highest BCUT2D eigenvalue weighted by atomic mass is 35.5. The van der Waals surface area contributed by atoms with Crippen molar-refractivity contribution in [2.24, 2.45) is 0 Å². The normalized spacial score (nSPS) is 11.4. The predicted octanol–water partition coefficient (Wildman–Crippen LogP) is 3.91. The average molecular weight is 486 g/mol. The molecular formula is C23H24ClN5O3S. The number of amides is 1. The SMILES string of the molecule is COc1cccc(CSc2nnc3n(CCC(=O)NC(C)C)c(=O)c4cc(Cl)ccc4n23)c1. The zero-order valence-corrected chi connectivity index (χ0v) is 20.1. The van der Waals surface area contributed by atoms with Gasteiger partial charge < -0.3 is 10.1 Å². The van der Waals surface area contributed by atoms with Crippen molar-refractivity contribution in [2.45, 2.75) is 43.8 Å².